The van der Waals surface area contributed by atoms with Crippen LogP contribution >= 0.6 is 0 Å². The Morgan fingerprint density at radius 3 is 2.48 bits per heavy atom. The lowest BCUT2D eigenvalue weighted by Gasteiger charge is -2.11. The summed E-state index contributed by atoms with van der Waals surface area (Å²) in [5, 5.41) is 27.4. The summed E-state index contributed by atoms with van der Waals surface area (Å²) in [6.07, 6.45) is 4.58. The van der Waals surface area contributed by atoms with Gasteiger partial charge in [-0.2, -0.15) is 9.67 Å². The molecule has 5 rings (SSSR count). The molecule has 2 N–H and O–H groups in total. The molecule has 0 aliphatic rings. The zero-order chi connectivity index (χ0) is 22.6. The number of phenolic OH excluding ortho intramolecular Hbond substituents is 1. The molecular formula is C23H16N8O2. The van der Waals surface area contributed by atoms with Gasteiger partial charge in [0, 0.05) is 23.5 Å². The number of anilines is 1. The highest BCUT2D eigenvalue weighted by Gasteiger charge is 2.18. The highest BCUT2D eigenvalue weighted by molar-refractivity contribution is 6.11. The molecule has 0 saturated carbocycles. The lowest BCUT2D eigenvalue weighted by atomic mass is 10.0. The molecule has 0 saturated heterocycles. The van der Waals surface area contributed by atoms with Crippen LogP contribution in [0.4, 0.5) is 17.3 Å². The van der Waals surface area contributed by atoms with Crippen molar-refractivity contribution < 1.29 is 9.90 Å². The van der Waals surface area contributed by atoms with Crippen molar-refractivity contribution in [2.45, 2.75) is 0 Å². The van der Waals surface area contributed by atoms with Crippen LogP contribution in [-0.4, -0.2) is 35.7 Å². The molecule has 10 nitrogen and oxygen atoms in total. The first-order valence-electron chi connectivity index (χ1n) is 9.91. The fourth-order valence-electron chi connectivity index (χ4n) is 3.21. The lowest BCUT2D eigenvalue weighted by molar-refractivity contribution is 0.102. The molecule has 0 unspecified atom stereocenters. The Labute approximate surface area is 187 Å². The maximum Gasteiger partial charge on any atom is 0.287 e. The summed E-state index contributed by atoms with van der Waals surface area (Å²) < 4.78 is 1.36. The number of aromatic nitrogens is 5. The zero-order valence-corrected chi connectivity index (χ0v) is 17.1. The number of rotatable bonds is 5. The van der Waals surface area contributed by atoms with E-state index < -0.39 is 5.91 Å². The number of nitrogens with one attached hydrogen (secondary N) is 1. The number of aromatic hydroxyl groups is 1. The molecular weight excluding hydrogens is 420 g/mol. The van der Waals surface area contributed by atoms with Gasteiger partial charge in [-0.3, -0.25) is 4.79 Å². The van der Waals surface area contributed by atoms with Gasteiger partial charge in [-0.1, -0.05) is 42.5 Å². The van der Waals surface area contributed by atoms with Crippen LogP contribution in [0.2, 0.25) is 0 Å². The van der Waals surface area contributed by atoms with E-state index in [1.165, 1.54) is 11.0 Å². The molecule has 0 radical (unpaired) electrons. The molecule has 5 aromatic rings. The van der Waals surface area contributed by atoms with Gasteiger partial charge in [0.05, 0.1) is 5.56 Å². The van der Waals surface area contributed by atoms with Crippen molar-refractivity contribution in [1.82, 2.24) is 24.7 Å². The van der Waals surface area contributed by atoms with Gasteiger partial charge in [-0.05, 0) is 29.7 Å². The minimum absolute atomic E-state index is 0.0464. The molecule has 1 amide bonds. The number of fused-ring (bicyclic) bond motifs is 1. The molecule has 0 fully saturated rings. The van der Waals surface area contributed by atoms with Crippen molar-refractivity contribution in [3.05, 3.63) is 91.0 Å². The van der Waals surface area contributed by atoms with E-state index in [0.717, 1.165) is 5.39 Å². The summed E-state index contributed by atoms with van der Waals surface area (Å²) in [4.78, 5) is 25.1. The Morgan fingerprint density at radius 1 is 0.909 bits per heavy atom. The van der Waals surface area contributed by atoms with E-state index in [9.17, 15) is 9.90 Å². The number of hydrogen-bond acceptors (Lipinski definition) is 8. The van der Waals surface area contributed by atoms with Gasteiger partial charge < -0.3 is 10.4 Å². The molecule has 3 aromatic carbocycles. The third-order valence-electron chi connectivity index (χ3n) is 4.75. The van der Waals surface area contributed by atoms with Crippen molar-refractivity contribution in [1.29, 1.82) is 0 Å². The number of phenols is 1. The molecule has 160 valence electrons. The topological polar surface area (TPSA) is 131 Å². The van der Waals surface area contributed by atoms with Crippen LogP contribution in [0.1, 0.15) is 10.4 Å². The van der Waals surface area contributed by atoms with Crippen molar-refractivity contribution in [2.75, 3.05) is 5.32 Å². The van der Waals surface area contributed by atoms with Gasteiger partial charge in [0.15, 0.2) is 5.75 Å². The van der Waals surface area contributed by atoms with Crippen molar-refractivity contribution in [2.24, 2.45) is 10.2 Å². The Balaban J connectivity index is 1.52. The third-order valence-corrected chi connectivity index (χ3v) is 4.75. The van der Waals surface area contributed by atoms with Crippen molar-refractivity contribution in [3.8, 4) is 11.7 Å². The van der Waals surface area contributed by atoms with Gasteiger partial charge in [-0.15, -0.1) is 15.3 Å². The van der Waals surface area contributed by atoms with Crippen molar-refractivity contribution >= 4 is 34.0 Å². The first kappa shape index (κ1) is 19.9. The molecule has 2 heterocycles. The van der Waals surface area contributed by atoms with E-state index in [1.54, 1.807) is 42.7 Å². The van der Waals surface area contributed by atoms with Crippen molar-refractivity contribution in [3.63, 3.8) is 0 Å². The van der Waals surface area contributed by atoms with Crippen LogP contribution < -0.4 is 5.32 Å². The SMILES string of the molecule is O=C(Nc1ccccc1)c1cc2ccccc2c(N=Nc2ncn(-c3ncccn3)n2)c1O. The number of benzene rings is 3. The Morgan fingerprint density at radius 2 is 1.67 bits per heavy atom. The lowest BCUT2D eigenvalue weighted by Crippen LogP contribution is -2.12. The first-order valence-corrected chi connectivity index (χ1v) is 9.91. The predicted octanol–water partition coefficient (Wildman–Crippen LogP) is 4.58. The van der Waals surface area contributed by atoms with Crippen LogP contribution in [0.5, 0.6) is 5.75 Å². The second kappa shape index (κ2) is 8.63. The van der Waals surface area contributed by atoms with Gasteiger partial charge in [0.2, 0.25) is 0 Å². The monoisotopic (exact) mass is 436 g/mol. The number of para-hydroxylation sites is 1. The van der Waals surface area contributed by atoms with Crippen LogP contribution in [0.3, 0.4) is 0 Å². The first-order chi connectivity index (χ1) is 16.2. The van der Waals surface area contributed by atoms with E-state index in [-0.39, 0.29) is 22.9 Å². The molecule has 0 aliphatic heterocycles. The summed E-state index contributed by atoms with van der Waals surface area (Å²) >= 11 is 0. The minimum Gasteiger partial charge on any atom is -0.505 e. The second-order valence-electron chi connectivity index (χ2n) is 6.90. The average Bonchev–Trinajstić information content (AvgIpc) is 3.33. The number of carbonyl (C=O) groups is 1. The Bertz CT molecular complexity index is 1470. The number of carbonyl (C=O) groups excluding carboxylic acids is 1. The maximum atomic E-state index is 12.9. The van der Waals surface area contributed by atoms with Gasteiger partial charge >= 0.3 is 0 Å². The van der Waals surface area contributed by atoms with Gasteiger partial charge in [0.1, 0.15) is 12.0 Å². The highest BCUT2D eigenvalue weighted by atomic mass is 16.3. The predicted molar refractivity (Wildman–Crippen MR) is 121 cm³/mol. The smallest absolute Gasteiger partial charge is 0.287 e. The second-order valence-corrected chi connectivity index (χ2v) is 6.90. The van der Waals surface area contributed by atoms with Crippen LogP contribution in [0, 0.1) is 0 Å². The maximum absolute atomic E-state index is 12.9. The number of hydrogen-bond donors (Lipinski definition) is 2. The molecule has 10 heteroatoms. The molecule has 0 atom stereocenters. The average molecular weight is 436 g/mol. The van der Waals surface area contributed by atoms with Crippen LogP contribution in [0.25, 0.3) is 16.7 Å². The number of azo groups is 1. The fraction of sp³-hybridized carbons (Fsp3) is 0. The Kier molecular flexibility index (Phi) is 5.22. The summed E-state index contributed by atoms with van der Waals surface area (Å²) in [7, 11) is 0. The van der Waals surface area contributed by atoms with E-state index in [2.05, 4.69) is 35.6 Å². The van der Waals surface area contributed by atoms with E-state index >= 15 is 0 Å². The standard InChI is InChI=1S/C23H16N8O2/c32-20-18(21(33)27-16-8-2-1-3-9-16)13-15-7-4-5-10-17(15)19(20)28-29-22-26-14-31(30-22)23-24-11-6-12-25-23/h1-14,32H,(H,27,33). The number of amides is 1. The molecule has 33 heavy (non-hydrogen) atoms. The van der Waals surface area contributed by atoms with E-state index in [0.29, 0.717) is 17.0 Å². The number of nitrogens with zero attached hydrogens (tertiary/aromatic N) is 7. The van der Waals surface area contributed by atoms with E-state index in [1.807, 2.05) is 36.4 Å². The summed E-state index contributed by atoms with van der Waals surface area (Å²) in [6.45, 7) is 0. The van der Waals surface area contributed by atoms with E-state index in [4.69, 9.17) is 0 Å². The normalized spacial score (nSPS) is 11.2. The molecule has 0 bridgehead atoms. The summed E-state index contributed by atoms with van der Waals surface area (Å²) in [6, 6.07) is 19.5. The Hall–Kier alpha value is -4.99. The molecule has 2 aromatic heterocycles. The molecule has 0 spiro atoms. The third kappa shape index (κ3) is 4.12. The van der Waals surface area contributed by atoms with Crippen LogP contribution in [0.15, 0.2) is 95.7 Å². The molecule has 0 aliphatic carbocycles. The fourth-order valence-corrected chi connectivity index (χ4v) is 3.21. The van der Waals surface area contributed by atoms with Crippen LogP contribution in [-0.2, 0) is 0 Å². The van der Waals surface area contributed by atoms with Gasteiger partial charge in [0.25, 0.3) is 17.8 Å². The zero-order valence-electron chi connectivity index (χ0n) is 17.1. The minimum atomic E-state index is -0.468. The van der Waals surface area contributed by atoms with Gasteiger partial charge in [-0.25, -0.2) is 9.97 Å². The highest BCUT2D eigenvalue weighted by Crippen LogP contribution is 2.39. The largest absolute Gasteiger partial charge is 0.505 e. The summed E-state index contributed by atoms with van der Waals surface area (Å²) in [5.74, 6) is -0.384. The summed E-state index contributed by atoms with van der Waals surface area (Å²) in [5.41, 5.74) is 0.817. The quantitative estimate of drug-likeness (QED) is 0.388.